The number of para-hydroxylation sites is 1. The number of nitrogens with zero attached hydrogens (tertiary/aromatic N) is 1. The highest BCUT2D eigenvalue weighted by Gasteiger charge is 2.18. The van der Waals surface area contributed by atoms with E-state index in [0.29, 0.717) is 11.1 Å². The Hall–Kier alpha value is -3.06. The predicted octanol–water partition coefficient (Wildman–Crippen LogP) is 3.43. The second-order valence-electron chi connectivity index (χ2n) is 4.59. The normalized spacial score (nSPS) is 11.8. The van der Waals surface area contributed by atoms with Crippen LogP contribution in [-0.4, -0.2) is 5.91 Å². The Bertz CT molecular complexity index is 815. The number of nitrogens with one attached hydrogen (secondary N) is 1. The van der Waals surface area contributed by atoms with Crippen LogP contribution in [0.4, 0.5) is 0 Å². The molecule has 2 aromatic carbocycles. The second-order valence-corrected chi connectivity index (χ2v) is 4.59. The van der Waals surface area contributed by atoms with Crippen LogP contribution < -0.4 is 5.32 Å². The minimum Gasteiger partial charge on any atom is -0.463 e. The van der Waals surface area contributed by atoms with Gasteiger partial charge in [-0.2, -0.15) is 5.26 Å². The number of rotatable bonds is 3. The van der Waals surface area contributed by atoms with Crippen molar-refractivity contribution >= 4 is 16.9 Å². The fourth-order valence-electron chi connectivity index (χ4n) is 2.20. The van der Waals surface area contributed by atoms with Crippen LogP contribution in [0.2, 0.25) is 0 Å². The smallest absolute Gasteiger partial charge is 0.256 e. The first-order chi connectivity index (χ1) is 10.3. The number of amides is 1. The lowest BCUT2D eigenvalue weighted by molar-refractivity contribution is 0.0946. The van der Waals surface area contributed by atoms with Gasteiger partial charge in [-0.05, 0) is 11.6 Å². The molecule has 0 aliphatic heterocycles. The fourth-order valence-corrected chi connectivity index (χ4v) is 2.20. The van der Waals surface area contributed by atoms with E-state index in [1.54, 1.807) is 6.07 Å². The summed E-state index contributed by atoms with van der Waals surface area (Å²) >= 11 is 0. The number of carbonyl (C=O) groups excluding carboxylic acids is 1. The van der Waals surface area contributed by atoms with E-state index in [4.69, 9.17) is 4.42 Å². The highest BCUT2D eigenvalue weighted by atomic mass is 16.3. The van der Waals surface area contributed by atoms with Gasteiger partial charge in [-0.25, -0.2) is 0 Å². The summed E-state index contributed by atoms with van der Waals surface area (Å²) in [5.74, 6) is -0.324. The molecule has 0 spiro atoms. The maximum absolute atomic E-state index is 12.3. The van der Waals surface area contributed by atoms with E-state index in [2.05, 4.69) is 11.4 Å². The third kappa shape index (κ3) is 2.49. The van der Waals surface area contributed by atoms with Crippen molar-refractivity contribution in [2.45, 2.75) is 6.04 Å². The number of hydrogen-bond acceptors (Lipinski definition) is 3. The lowest BCUT2D eigenvalue weighted by Crippen LogP contribution is -2.27. The van der Waals surface area contributed by atoms with Gasteiger partial charge in [0.05, 0.1) is 11.6 Å². The molecule has 1 atom stereocenters. The lowest BCUT2D eigenvalue weighted by Gasteiger charge is -2.11. The maximum Gasteiger partial charge on any atom is 0.256 e. The minimum atomic E-state index is -0.688. The Morgan fingerprint density at radius 3 is 2.57 bits per heavy atom. The average Bonchev–Trinajstić information content (AvgIpc) is 2.97. The Labute approximate surface area is 121 Å². The Kier molecular flexibility index (Phi) is 3.40. The molecule has 3 rings (SSSR count). The minimum absolute atomic E-state index is 0.324. The summed E-state index contributed by atoms with van der Waals surface area (Å²) in [4.78, 5) is 12.3. The Morgan fingerprint density at radius 2 is 1.81 bits per heavy atom. The zero-order valence-electron chi connectivity index (χ0n) is 11.1. The standard InChI is InChI=1S/C17H12N2O2/c18-10-15(12-6-2-1-3-7-12)19-17(20)14-11-21-16-9-5-4-8-13(14)16/h1-9,11,15H,(H,19,20). The number of benzene rings is 2. The van der Waals surface area contributed by atoms with Crippen molar-refractivity contribution in [2.75, 3.05) is 0 Å². The van der Waals surface area contributed by atoms with Crippen LogP contribution in [0.1, 0.15) is 22.0 Å². The van der Waals surface area contributed by atoms with Gasteiger partial charge in [-0.1, -0.05) is 48.5 Å². The molecule has 3 aromatic rings. The van der Waals surface area contributed by atoms with E-state index in [1.807, 2.05) is 48.5 Å². The van der Waals surface area contributed by atoms with Crippen LogP contribution in [-0.2, 0) is 0 Å². The largest absolute Gasteiger partial charge is 0.463 e. The van der Waals surface area contributed by atoms with Crippen molar-refractivity contribution in [3.8, 4) is 6.07 Å². The first-order valence-corrected chi connectivity index (χ1v) is 6.51. The van der Waals surface area contributed by atoms with Crippen LogP contribution in [0, 0.1) is 11.3 Å². The first kappa shape index (κ1) is 12.9. The summed E-state index contributed by atoms with van der Waals surface area (Å²) < 4.78 is 5.35. The van der Waals surface area contributed by atoms with Gasteiger partial charge in [0, 0.05) is 5.39 Å². The Balaban J connectivity index is 1.88. The Morgan fingerprint density at radius 1 is 1.10 bits per heavy atom. The van der Waals surface area contributed by atoms with Crippen LogP contribution in [0.3, 0.4) is 0 Å². The highest BCUT2D eigenvalue weighted by Crippen LogP contribution is 2.21. The van der Waals surface area contributed by atoms with Crippen LogP contribution in [0.25, 0.3) is 11.0 Å². The summed E-state index contributed by atoms with van der Waals surface area (Å²) in [5.41, 5.74) is 1.83. The van der Waals surface area contributed by atoms with Crippen LogP contribution in [0.5, 0.6) is 0 Å². The molecule has 0 aliphatic carbocycles. The molecule has 4 heteroatoms. The van der Waals surface area contributed by atoms with E-state index in [-0.39, 0.29) is 5.91 Å². The third-order valence-corrected chi connectivity index (χ3v) is 3.26. The van der Waals surface area contributed by atoms with Gasteiger partial charge < -0.3 is 9.73 Å². The second kappa shape index (κ2) is 5.51. The molecular formula is C17H12N2O2. The van der Waals surface area contributed by atoms with Crippen LogP contribution >= 0.6 is 0 Å². The van der Waals surface area contributed by atoms with E-state index >= 15 is 0 Å². The van der Waals surface area contributed by atoms with Crippen LogP contribution in [0.15, 0.2) is 65.3 Å². The van der Waals surface area contributed by atoms with Gasteiger partial charge in [0.25, 0.3) is 5.91 Å². The molecule has 4 nitrogen and oxygen atoms in total. The van der Waals surface area contributed by atoms with E-state index in [9.17, 15) is 10.1 Å². The van der Waals surface area contributed by atoms with Crippen molar-refractivity contribution in [3.63, 3.8) is 0 Å². The van der Waals surface area contributed by atoms with Crippen molar-refractivity contribution < 1.29 is 9.21 Å². The molecule has 1 heterocycles. The summed E-state index contributed by atoms with van der Waals surface area (Å²) in [7, 11) is 0. The van der Waals surface area contributed by atoms with E-state index < -0.39 is 6.04 Å². The number of carbonyl (C=O) groups is 1. The van der Waals surface area contributed by atoms with Crippen molar-refractivity contribution in [3.05, 3.63) is 72.0 Å². The number of fused-ring (bicyclic) bond motifs is 1. The molecule has 0 radical (unpaired) electrons. The summed E-state index contributed by atoms with van der Waals surface area (Å²) in [6.07, 6.45) is 1.42. The zero-order valence-corrected chi connectivity index (χ0v) is 11.1. The van der Waals surface area contributed by atoms with Crippen molar-refractivity contribution in [2.24, 2.45) is 0 Å². The fraction of sp³-hybridized carbons (Fsp3) is 0.0588. The summed E-state index contributed by atoms with van der Waals surface area (Å²) in [5, 5.41) is 12.7. The quantitative estimate of drug-likeness (QED) is 0.797. The number of hydrogen-bond donors (Lipinski definition) is 1. The molecule has 1 amide bonds. The lowest BCUT2D eigenvalue weighted by atomic mass is 10.1. The maximum atomic E-state index is 12.3. The molecule has 0 bridgehead atoms. The van der Waals surface area contributed by atoms with Gasteiger partial charge in [-0.15, -0.1) is 0 Å². The zero-order chi connectivity index (χ0) is 14.7. The molecule has 1 aromatic heterocycles. The van der Waals surface area contributed by atoms with Gasteiger partial charge in [0.15, 0.2) is 0 Å². The van der Waals surface area contributed by atoms with Gasteiger partial charge in [-0.3, -0.25) is 4.79 Å². The summed E-state index contributed by atoms with van der Waals surface area (Å²) in [6, 6.07) is 17.9. The number of furan rings is 1. The van der Waals surface area contributed by atoms with Crippen molar-refractivity contribution in [1.29, 1.82) is 5.26 Å². The average molecular weight is 276 g/mol. The highest BCUT2D eigenvalue weighted by molar-refractivity contribution is 6.06. The number of nitriles is 1. The molecule has 1 unspecified atom stereocenters. The van der Waals surface area contributed by atoms with E-state index in [0.717, 1.165) is 10.9 Å². The SMILES string of the molecule is N#CC(NC(=O)c1coc2ccccc12)c1ccccc1. The molecular weight excluding hydrogens is 264 g/mol. The molecule has 0 saturated heterocycles. The van der Waals surface area contributed by atoms with Gasteiger partial charge >= 0.3 is 0 Å². The van der Waals surface area contributed by atoms with Gasteiger partial charge in [0.2, 0.25) is 0 Å². The van der Waals surface area contributed by atoms with E-state index in [1.165, 1.54) is 6.26 Å². The molecule has 0 aliphatic rings. The molecule has 21 heavy (non-hydrogen) atoms. The monoisotopic (exact) mass is 276 g/mol. The topological polar surface area (TPSA) is 66.0 Å². The molecule has 0 fully saturated rings. The predicted molar refractivity (Wildman–Crippen MR) is 78.5 cm³/mol. The first-order valence-electron chi connectivity index (χ1n) is 6.51. The summed E-state index contributed by atoms with van der Waals surface area (Å²) in [6.45, 7) is 0. The molecule has 0 saturated carbocycles. The third-order valence-electron chi connectivity index (χ3n) is 3.26. The van der Waals surface area contributed by atoms with Crippen molar-refractivity contribution in [1.82, 2.24) is 5.32 Å². The molecule has 102 valence electrons. The van der Waals surface area contributed by atoms with Gasteiger partial charge in [0.1, 0.15) is 17.9 Å². The molecule has 1 N–H and O–H groups in total.